The molecule has 1 fully saturated rings. The predicted octanol–water partition coefficient (Wildman–Crippen LogP) is 2.90. The Morgan fingerprint density at radius 1 is 1.36 bits per heavy atom. The molecular weight excluding hydrogens is 344 g/mol. The molecule has 1 aliphatic rings. The van der Waals surface area contributed by atoms with E-state index in [4.69, 9.17) is 16.1 Å². The lowest BCUT2D eigenvalue weighted by Gasteiger charge is -2.18. The molecule has 2 aromatic rings. The summed E-state index contributed by atoms with van der Waals surface area (Å²) in [7, 11) is 0. The summed E-state index contributed by atoms with van der Waals surface area (Å²) in [5.74, 6) is -1.20. The van der Waals surface area contributed by atoms with Gasteiger partial charge in [-0.05, 0) is 18.1 Å². The van der Waals surface area contributed by atoms with Crippen molar-refractivity contribution in [3.63, 3.8) is 0 Å². The summed E-state index contributed by atoms with van der Waals surface area (Å²) in [4.78, 5) is 25.8. The molecule has 3 rings (SSSR count). The third kappa shape index (κ3) is 3.85. The van der Waals surface area contributed by atoms with Gasteiger partial charge < -0.3 is 14.5 Å². The van der Waals surface area contributed by atoms with Crippen LogP contribution in [0.1, 0.15) is 29.2 Å². The van der Waals surface area contributed by atoms with Gasteiger partial charge in [0.2, 0.25) is 5.91 Å². The van der Waals surface area contributed by atoms with Crippen LogP contribution in [0.3, 0.4) is 0 Å². The topological polar surface area (TPSA) is 83.6 Å². The third-order valence-electron chi connectivity index (χ3n) is 4.69. The summed E-state index contributed by atoms with van der Waals surface area (Å²) in [6.45, 7) is 2.61. The number of aryl methyl sites for hydroxylation is 2. The minimum absolute atomic E-state index is 0.0881. The summed E-state index contributed by atoms with van der Waals surface area (Å²) in [5.41, 5.74) is 2.04. The van der Waals surface area contributed by atoms with Crippen molar-refractivity contribution in [2.45, 2.75) is 25.7 Å². The van der Waals surface area contributed by atoms with Crippen LogP contribution >= 0.6 is 11.6 Å². The zero-order chi connectivity index (χ0) is 18.0. The first-order valence-electron chi connectivity index (χ1n) is 8.13. The second-order valence-corrected chi connectivity index (χ2v) is 6.71. The number of hydrogen-bond donors (Lipinski definition) is 1. The van der Waals surface area contributed by atoms with Crippen molar-refractivity contribution < 1.29 is 19.2 Å². The first-order chi connectivity index (χ1) is 12.0. The van der Waals surface area contributed by atoms with Gasteiger partial charge in [0.1, 0.15) is 5.76 Å². The first kappa shape index (κ1) is 17.5. The molecule has 1 amide bonds. The summed E-state index contributed by atoms with van der Waals surface area (Å²) in [5, 5.41) is 13.4. The van der Waals surface area contributed by atoms with E-state index in [-0.39, 0.29) is 29.9 Å². The monoisotopic (exact) mass is 362 g/mol. The number of carboxylic acid groups (broad SMARTS) is 1. The number of aliphatic carboxylic acids is 1. The third-order valence-corrected chi connectivity index (χ3v) is 4.87. The quantitative estimate of drug-likeness (QED) is 0.884. The van der Waals surface area contributed by atoms with Crippen molar-refractivity contribution in [2.75, 3.05) is 13.1 Å². The van der Waals surface area contributed by atoms with E-state index in [9.17, 15) is 14.7 Å². The van der Waals surface area contributed by atoms with Gasteiger partial charge in [0, 0.05) is 37.9 Å². The standard InChI is InChI=1S/C18H19ClN2O4/c1-11-4-2-3-5-13(11)14-9-21(10-15(14)18(23)24)17(22)7-6-12-8-16(19)20-25-12/h2-5,8,14-15H,6-7,9-10H2,1H3,(H,23,24). The highest BCUT2D eigenvalue weighted by molar-refractivity contribution is 6.29. The molecule has 0 aliphatic carbocycles. The van der Waals surface area contributed by atoms with Gasteiger partial charge in [-0.3, -0.25) is 9.59 Å². The lowest BCUT2D eigenvalue weighted by atomic mass is 9.86. The van der Waals surface area contributed by atoms with Crippen molar-refractivity contribution in [2.24, 2.45) is 5.92 Å². The van der Waals surface area contributed by atoms with Crippen LogP contribution in [0, 0.1) is 12.8 Å². The number of benzene rings is 1. The van der Waals surface area contributed by atoms with Crippen molar-refractivity contribution in [3.05, 3.63) is 52.4 Å². The number of rotatable bonds is 5. The highest BCUT2D eigenvalue weighted by atomic mass is 35.5. The number of likely N-dealkylation sites (tertiary alicyclic amines) is 1. The zero-order valence-corrected chi connectivity index (χ0v) is 14.6. The average molecular weight is 363 g/mol. The largest absolute Gasteiger partial charge is 0.481 e. The maximum absolute atomic E-state index is 12.5. The van der Waals surface area contributed by atoms with Crippen LogP contribution in [-0.2, 0) is 16.0 Å². The minimum Gasteiger partial charge on any atom is -0.481 e. The van der Waals surface area contributed by atoms with Crippen LogP contribution in [0.25, 0.3) is 0 Å². The lowest BCUT2D eigenvalue weighted by molar-refractivity contribution is -0.141. The van der Waals surface area contributed by atoms with Crippen LogP contribution in [0.4, 0.5) is 0 Å². The van der Waals surface area contributed by atoms with Gasteiger partial charge in [0.25, 0.3) is 0 Å². The fourth-order valence-corrected chi connectivity index (χ4v) is 3.53. The van der Waals surface area contributed by atoms with Crippen LogP contribution < -0.4 is 0 Å². The molecule has 6 nitrogen and oxygen atoms in total. The Balaban J connectivity index is 1.70. The number of halogens is 1. The molecule has 7 heteroatoms. The summed E-state index contributed by atoms with van der Waals surface area (Å²) >= 11 is 5.69. The second-order valence-electron chi connectivity index (χ2n) is 6.32. The molecule has 0 bridgehead atoms. The fourth-order valence-electron chi connectivity index (χ4n) is 3.37. The molecule has 2 unspecified atom stereocenters. The highest BCUT2D eigenvalue weighted by Gasteiger charge is 2.40. The van der Waals surface area contributed by atoms with Crippen molar-refractivity contribution >= 4 is 23.5 Å². The number of nitrogens with zero attached hydrogens (tertiary/aromatic N) is 2. The van der Waals surface area contributed by atoms with Gasteiger partial charge in [0.15, 0.2) is 5.15 Å². The van der Waals surface area contributed by atoms with Crippen LogP contribution in [-0.4, -0.2) is 40.1 Å². The molecular formula is C18H19ClN2O4. The minimum atomic E-state index is -0.870. The normalized spacial score (nSPS) is 20.0. The van der Waals surface area contributed by atoms with Gasteiger partial charge in [-0.25, -0.2) is 0 Å². The average Bonchev–Trinajstić information content (AvgIpc) is 3.19. The molecule has 1 N–H and O–H groups in total. The maximum atomic E-state index is 12.5. The smallest absolute Gasteiger partial charge is 0.308 e. The second kappa shape index (κ2) is 7.27. The van der Waals surface area contributed by atoms with Crippen LogP contribution in [0.15, 0.2) is 34.9 Å². The summed E-state index contributed by atoms with van der Waals surface area (Å²) < 4.78 is 5.00. The Bertz CT molecular complexity index is 789. The highest BCUT2D eigenvalue weighted by Crippen LogP contribution is 2.35. The summed E-state index contributed by atoms with van der Waals surface area (Å²) in [6.07, 6.45) is 0.625. The summed E-state index contributed by atoms with van der Waals surface area (Å²) in [6, 6.07) is 9.32. The Labute approximate surface area is 150 Å². The van der Waals surface area contributed by atoms with Gasteiger partial charge in [-0.1, -0.05) is 41.0 Å². The molecule has 0 saturated carbocycles. The van der Waals surface area contributed by atoms with E-state index < -0.39 is 11.9 Å². The first-order valence-corrected chi connectivity index (χ1v) is 8.50. The SMILES string of the molecule is Cc1ccccc1C1CN(C(=O)CCc2cc(Cl)no2)CC1C(=O)O. The molecule has 1 saturated heterocycles. The van der Waals surface area contributed by atoms with E-state index in [2.05, 4.69) is 5.16 Å². The molecule has 132 valence electrons. The van der Waals surface area contributed by atoms with E-state index in [0.717, 1.165) is 11.1 Å². The van der Waals surface area contributed by atoms with E-state index in [0.29, 0.717) is 18.7 Å². The molecule has 2 heterocycles. The van der Waals surface area contributed by atoms with E-state index in [1.54, 1.807) is 11.0 Å². The van der Waals surface area contributed by atoms with Crippen LogP contribution in [0.2, 0.25) is 5.15 Å². The van der Waals surface area contributed by atoms with Crippen molar-refractivity contribution in [1.29, 1.82) is 0 Å². The number of amides is 1. The Kier molecular flexibility index (Phi) is 5.08. The van der Waals surface area contributed by atoms with Gasteiger partial charge >= 0.3 is 5.97 Å². The number of aromatic nitrogens is 1. The maximum Gasteiger partial charge on any atom is 0.308 e. The molecule has 1 aliphatic heterocycles. The Morgan fingerprint density at radius 3 is 2.76 bits per heavy atom. The van der Waals surface area contributed by atoms with Gasteiger partial charge in [0.05, 0.1) is 5.92 Å². The number of carbonyl (C=O) groups is 2. The van der Waals surface area contributed by atoms with Crippen molar-refractivity contribution in [3.8, 4) is 0 Å². The lowest BCUT2D eigenvalue weighted by Crippen LogP contribution is -2.30. The number of hydrogen-bond acceptors (Lipinski definition) is 4. The van der Waals surface area contributed by atoms with Crippen molar-refractivity contribution in [1.82, 2.24) is 10.1 Å². The predicted molar refractivity (Wildman–Crippen MR) is 91.5 cm³/mol. The van der Waals surface area contributed by atoms with Gasteiger partial charge in [-0.2, -0.15) is 0 Å². The zero-order valence-electron chi connectivity index (χ0n) is 13.8. The molecule has 0 radical (unpaired) electrons. The van der Waals surface area contributed by atoms with Gasteiger partial charge in [-0.15, -0.1) is 0 Å². The molecule has 2 atom stereocenters. The Morgan fingerprint density at radius 2 is 2.12 bits per heavy atom. The van der Waals surface area contributed by atoms with E-state index >= 15 is 0 Å². The number of carboxylic acids is 1. The molecule has 0 spiro atoms. The molecule has 1 aromatic heterocycles. The van der Waals surface area contributed by atoms with E-state index in [1.807, 2.05) is 31.2 Å². The molecule has 1 aromatic carbocycles. The van der Waals surface area contributed by atoms with E-state index in [1.165, 1.54) is 0 Å². The number of carbonyl (C=O) groups excluding carboxylic acids is 1. The fraction of sp³-hybridized carbons (Fsp3) is 0.389. The molecule has 25 heavy (non-hydrogen) atoms. The van der Waals surface area contributed by atoms with Crippen LogP contribution in [0.5, 0.6) is 0 Å². The Hall–Kier alpha value is -2.34.